The van der Waals surface area contributed by atoms with Gasteiger partial charge in [0.1, 0.15) is 5.82 Å². The number of amides is 1. The Hall–Kier alpha value is -2.85. The second-order valence-electron chi connectivity index (χ2n) is 10.6. The highest BCUT2D eigenvalue weighted by atomic mass is 19.3. The summed E-state index contributed by atoms with van der Waals surface area (Å²) in [6.07, 6.45) is -0.793. The molecule has 36 heavy (non-hydrogen) atoms. The van der Waals surface area contributed by atoms with Crippen LogP contribution in [0.25, 0.3) is 0 Å². The number of alkyl halides is 2. The first-order valence-electron chi connectivity index (χ1n) is 12.3. The van der Waals surface area contributed by atoms with Crippen molar-refractivity contribution < 1.29 is 22.7 Å². The Balaban J connectivity index is 1.45. The molecule has 1 aliphatic carbocycles. The molecular weight excluding hydrogens is 473 g/mol. The highest BCUT2D eigenvalue weighted by Gasteiger charge is 2.55. The summed E-state index contributed by atoms with van der Waals surface area (Å²) in [4.78, 5) is 28.8. The number of piperidine rings is 1. The lowest BCUT2D eigenvalue weighted by Crippen LogP contribution is -2.40. The first kappa shape index (κ1) is 24.8. The van der Waals surface area contributed by atoms with E-state index < -0.39 is 35.3 Å². The molecule has 1 aromatic carbocycles. The molecule has 2 aliphatic heterocycles. The number of likely N-dealkylation sites (tertiary alicyclic amines) is 1. The molecular formula is C26H31F3N4O3. The van der Waals surface area contributed by atoms with Crippen LogP contribution >= 0.6 is 0 Å². The third-order valence-corrected chi connectivity index (χ3v) is 7.88. The summed E-state index contributed by atoms with van der Waals surface area (Å²) in [6.45, 7) is 6.22. The normalized spacial score (nSPS) is 28.2. The lowest BCUT2D eigenvalue weighted by Gasteiger charge is -2.27. The number of pyridine rings is 1. The standard InChI is InChI=1S/C26H31F3N4O3/c1-14(15-5-4-6-16(22(15)27)24(28)29)30-25(35)19-12-33(26(2)7-8-36-13-26)21(34)9-20(19)31-23-17-10-32(3)11-18(17)23/h4-6,9,12,14,17-18,23-24,31H,7-8,10-11,13H2,1-3H3,(H,30,35)/t14-,17-,18+,23?,26-/m1/s1. The summed E-state index contributed by atoms with van der Waals surface area (Å²) in [5.41, 5.74) is -0.893. The predicted molar refractivity (Wildman–Crippen MR) is 129 cm³/mol. The van der Waals surface area contributed by atoms with Gasteiger partial charge in [0.05, 0.1) is 35.0 Å². The van der Waals surface area contributed by atoms with Crippen molar-refractivity contribution in [2.75, 3.05) is 38.7 Å². The maximum atomic E-state index is 14.7. The van der Waals surface area contributed by atoms with Gasteiger partial charge < -0.3 is 24.8 Å². The van der Waals surface area contributed by atoms with Gasteiger partial charge in [0.25, 0.3) is 17.9 Å². The fourth-order valence-corrected chi connectivity index (χ4v) is 5.66. The first-order chi connectivity index (χ1) is 17.1. The van der Waals surface area contributed by atoms with Crippen LogP contribution in [-0.2, 0) is 10.3 Å². The summed E-state index contributed by atoms with van der Waals surface area (Å²) in [5.74, 6) is -0.640. The van der Waals surface area contributed by atoms with Crippen LogP contribution in [-0.4, -0.2) is 54.8 Å². The summed E-state index contributed by atoms with van der Waals surface area (Å²) < 4.78 is 48.1. The van der Waals surface area contributed by atoms with Crippen molar-refractivity contribution in [1.82, 2.24) is 14.8 Å². The van der Waals surface area contributed by atoms with Crippen LogP contribution in [0.1, 0.15) is 54.2 Å². The number of carbonyl (C=O) groups is 1. The van der Waals surface area contributed by atoms with E-state index in [2.05, 4.69) is 22.6 Å². The molecule has 1 aromatic heterocycles. The van der Waals surface area contributed by atoms with E-state index in [0.29, 0.717) is 37.2 Å². The monoisotopic (exact) mass is 504 g/mol. The van der Waals surface area contributed by atoms with Crippen LogP contribution < -0.4 is 16.2 Å². The molecule has 1 amide bonds. The third-order valence-electron chi connectivity index (χ3n) is 7.88. The second-order valence-corrected chi connectivity index (χ2v) is 10.6. The number of benzene rings is 1. The van der Waals surface area contributed by atoms with Gasteiger partial charge in [0.2, 0.25) is 0 Å². The van der Waals surface area contributed by atoms with E-state index in [1.165, 1.54) is 29.0 Å². The van der Waals surface area contributed by atoms with Gasteiger partial charge in [-0.2, -0.15) is 0 Å². The number of anilines is 1. The molecule has 5 atom stereocenters. The molecule has 7 nitrogen and oxygen atoms in total. The quantitative estimate of drug-likeness (QED) is 0.604. The van der Waals surface area contributed by atoms with E-state index in [0.717, 1.165) is 19.2 Å². The van der Waals surface area contributed by atoms with E-state index >= 15 is 0 Å². The third kappa shape index (κ3) is 4.41. The Labute approximate surface area is 207 Å². The average Bonchev–Trinajstić information content (AvgIpc) is 3.14. The molecule has 0 radical (unpaired) electrons. The number of nitrogens with zero attached hydrogens (tertiary/aromatic N) is 2. The number of aromatic nitrogens is 1. The van der Waals surface area contributed by atoms with Crippen molar-refractivity contribution in [2.45, 2.75) is 44.3 Å². The minimum absolute atomic E-state index is 0.0279. The van der Waals surface area contributed by atoms with Gasteiger partial charge in [-0.05, 0) is 39.2 Å². The van der Waals surface area contributed by atoms with Gasteiger partial charge in [-0.1, -0.05) is 18.2 Å². The topological polar surface area (TPSA) is 75.6 Å². The molecule has 2 N–H and O–H groups in total. The molecule has 5 rings (SSSR count). The molecule has 1 unspecified atom stereocenters. The van der Waals surface area contributed by atoms with E-state index in [1.807, 2.05) is 6.92 Å². The smallest absolute Gasteiger partial charge is 0.266 e. The predicted octanol–water partition coefficient (Wildman–Crippen LogP) is 3.52. The van der Waals surface area contributed by atoms with Gasteiger partial charge in [-0.15, -0.1) is 0 Å². The highest BCUT2D eigenvalue weighted by molar-refractivity contribution is 5.99. The number of rotatable bonds is 7. The summed E-state index contributed by atoms with van der Waals surface area (Å²) in [7, 11) is 2.07. The number of nitrogens with one attached hydrogen (secondary N) is 2. The maximum Gasteiger partial charge on any atom is 0.266 e. The SMILES string of the molecule is C[C@@H](NC(=O)c1cn([C@]2(C)CCOC2)c(=O)cc1NC1[C@H]2CN(C)C[C@@H]12)c1cccc(C(F)F)c1F. The van der Waals surface area contributed by atoms with Gasteiger partial charge in [-0.25, -0.2) is 13.2 Å². The first-order valence-corrected chi connectivity index (χ1v) is 12.3. The fraction of sp³-hybridized carbons (Fsp3) is 0.538. The van der Waals surface area contributed by atoms with Crippen molar-refractivity contribution in [1.29, 1.82) is 0 Å². The van der Waals surface area contributed by atoms with Gasteiger partial charge in [0, 0.05) is 43.6 Å². The largest absolute Gasteiger partial charge is 0.381 e. The second kappa shape index (κ2) is 9.23. The Morgan fingerprint density at radius 2 is 1.92 bits per heavy atom. The van der Waals surface area contributed by atoms with Crippen molar-refractivity contribution in [3.63, 3.8) is 0 Å². The Bertz CT molecular complexity index is 1220. The number of halogens is 3. The highest BCUT2D eigenvalue weighted by Crippen LogP contribution is 2.47. The molecule has 0 bridgehead atoms. The van der Waals surface area contributed by atoms with E-state index in [1.54, 1.807) is 6.92 Å². The van der Waals surface area contributed by atoms with E-state index in [9.17, 15) is 22.8 Å². The van der Waals surface area contributed by atoms with Crippen LogP contribution in [0.5, 0.6) is 0 Å². The Kier molecular flexibility index (Phi) is 6.36. The zero-order chi connectivity index (χ0) is 25.8. The van der Waals surface area contributed by atoms with Gasteiger partial charge >= 0.3 is 0 Å². The molecule has 3 aliphatic rings. The lowest BCUT2D eigenvalue weighted by atomic mass is 10.00. The molecule has 194 valence electrons. The fourth-order valence-electron chi connectivity index (χ4n) is 5.66. The summed E-state index contributed by atoms with van der Waals surface area (Å²) >= 11 is 0. The van der Waals surface area contributed by atoms with Crippen molar-refractivity contribution in [2.24, 2.45) is 11.8 Å². The number of fused-ring (bicyclic) bond motifs is 1. The number of hydrogen-bond donors (Lipinski definition) is 2. The molecule has 2 saturated heterocycles. The van der Waals surface area contributed by atoms with Crippen LogP contribution in [0, 0.1) is 17.7 Å². The van der Waals surface area contributed by atoms with Gasteiger partial charge in [-0.3, -0.25) is 9.59 Å². The minimum Gasteiger partial charge on any atom is -0.381 e. The maximum absolute atomic E-state index is 14.7. The Morgan fingerprint density at radius 1 is 1.22 bits per heavy atom. The lowest BCUT2D eigenvalue weighted by molar-refractivity contribution is 0.0938. The Morgan fingerprint density at radius 3 is 2.56 bits per heavy atom. The van der Waals surface area contributed by atoms with Crippen LogP contribution in [0.4, 0.5) is 18.9 Å². The molecule has 10 heteroatoms. The van der Waals surface area contributed by atoms with Crippen LogP contribution in [0.15, 0.2) is 35.3 Å². The molecule has 3 heterocycles. The zero-order valence-electron chi connectivity index (χ0n) is 20.6. The zero-order valence-corrected chi connectivity index (χ0v) is 20.6. The molecule has 1 saturated carbocycles. The average molecular weight is 505 g/mol. The molecule has 0 spiro atoms. The molecule has 2 aromatic rings. The van der Waals surface area contributed by atoms with E-state index in [4.69, 9.17) is 4.74 Å². The van der Waals surface area contributed by atoms with Crippen LogP contribution in [0.3, 0.4) is 0 Å². The number of carbonyl (C=O) groups excluding carboxylic acids is 1. The minimum atomic E-state index is -2.96. The number of ether oxygens (including phenoxy) is 1. The van der Waals surface area contributed by atoms with Gasteiger partial charge in [0.15, 0.2) is 0 Å². The van der Waals surface area contributed by atoms with Crippen molar-refractivity contribution in [3.05, 3.63) is 63.3 Å². The summed E-state index contributed by atoms with van der Waals surface area (Å²) in [6, 6.07) is 4.50. The van der Waals surface area contributed by atoms with Crippen LogP contribution in [0.2, 0.25) is 0 Å². The van der Waals surface area contributed by atoms with E-state index in [-0.39, 0.29) is 22.7 Å². The molecule has 3 fully saturated rings. The summed E-state index contributed by atoms with van der Waals surface area (Å²) in [5, 5.41) is 6.14. The van der Waals surface area contributed by atoms with Crippen molar-refractivity contribution in [3.8, 4) is 0 Å². The number of hydrogen-bond acceptors (Lipinski definition) is 5. The van der Waals surface area contributed by atoms with Crippen molar-refractivity contribution >= 4 is 11.6 Å².